The third-order valence-electron chi connectivity index (χ3n) is 4.14. The maximum Gasteiger partial charge on any atom is 0.251 e. The lowest BCUT2D eigenvalue weighted by molar-refractivity contribution is -0.123. The molecule has 0 bridgehead atoms. The van der Waals surface area contributed by atoms with E-state index in [1.807, 2.05) is 4.90 Å². The molecule has 1 atom stereocenters. The minimum Gasteiger partial charge on any atom is -0.379 e. The summed E-state index contributed by atoms with van der Waals surface area (Å²) in [5, 5.41) is 0. The van der Waals surface area contributed by atoms with Gasteiger partial charge in [0.1, 0.15) is 0 Å². The minimum atomic E-state index is -0.399. The number of carbonyl (C=O) groups excluding carboxylic acids is 3. The summed E-state index contributed by atoms with van der Waals surface area (Å²) in [5.41, 5.74) is 1.09. The first-order valence-electron chi connectivity index (χ1n) is 7.37. The smallest absolute Gasteiger partial charge is 0.251 e. The van der Waals surface area contributed by atoms with Crippen LogP contribution in [-0.4, -0.2) is 54.8 Å². The van der Waals surface area contributed by atoms with Gasteiger partial charge in [0.05, 0.1) is 31.4 Å². The molecule has 0 aromatic heterocycles. The molecule has 3 rings (SSSR count). The second kappa shape index (κ2) is 5.98. The molecule has 2 saturated heterocycles. The van der Waals surface area contributed by atoms with Crippen molar-refractivity contribution in [1.82, 2.24) is 4.90 Å². The minimum absolute atomic E-state index is 0.0446. The zero-order valence-electron chi connectivity index (χ0n) is 12.4. The summed E-state index contributed by atoms with van der Waals surface area (Å²) >= 11 is 0. The summed E-state index contributed by atoms with van der Waals surface area (Å²) in [5.74, 6) is -0.434. The van der Waals surface area contributed by atoms with E-state index in [-0.39, 0.29) is 24.0 Å². The molecule has 0 aliphatic carbocycles. The largest absolute Gasteiger partial charge is 0.379 e. The molecule has 2 aliphatic heterocycles. The van der Waals surface area contributed by atoms with E-state index in [0.717, 1.165) is 0 Å². The Morgan fingerprint density at radius 3 is 2.36 bits per heavy atom. The number of hydrogen-bond donors (Lipinski definition) is 0. The fourth-order valence-electron chi connectivity index (χ4n) is 2.91. The Balaban J connectivity index is 1.80. The predicted octanol–water partition coefficient (Wildman–Crippen LogP) is 0.853. The van der Waals surface area contributed by atoms with Crippen LogP contribution in [0.15, 0.2) is 24.3 Å². The Bertz CT molecular complexity index is 605. The predicted molar refractivity (Wildman–Crippen MR) is 79.7 cm³/mol. The van der Waals surface area contributed by atoms with Crippen molar-refractivity contribution < 1.29 is 19.1 Å². The van der Waals surface area contributed by atoms with Crippen molar-refractivity contribution >= 4 is 23.3 Å². The lowest BCUT2D eigenvalue weighted by atomic mass is 10.1. The van der Waals surface area contributed by atoms with Gasteiger partial charge in [0.15, 0.2) is 5.78 Å². The Morgan fingerprint density at radius 2 is 1.77 bits per heavy atom. The molecule has 2 aliphatic rings. The van der Waals surface area contributed by atoms with E-state index < -0.39 is 6.04 Å². The van der Waals surface area contributed by atoms with Crippen LogP contribution in [0.25, 0.3) is 0 Å². The van der Waals surface area contributed by atoms with Crippen molar-refractivity contribution in [2.24, 2.45) is 0 Å². The fraction of sp³-hybridized carbons (Fsp3) is 0.438. The zero-order valence-corrected chi connectivity index (χ0v) is 12.4. The van der Waals surface area contributed by atoms with Gasteiger partial charge in [-0.25, -0.2) is 4.90 Å². The summed E-state index contributed by atoms with van der Waals surface area (Å²) in [6.07, 6.45) is 0.202. The first-order chi connectivity index (χ1) is 10.6. The second-order valence-corrected chi connectivity index (χ2v) is 5.54. The van der Waals surface area contributed by atoms with Crippen LogP contribution < -0.4 is 4.90 Å². The van der Waals surface area contributed by atoms with Crippen LogP contribution in [0.3, 0.4) is 0 Å². The number of anilines is 1. The molecule has 2 amide bonds. The number of carbonyl (C=O) groups is 3. The number of nitrogens with zero attached hydrogens (tertiary/aromatic N) is 2. The Kier molecular flexibility index (Phi) is 4.04. The topological polar surface area (TPSA) is 66.9 Å². The van der Waals surface area contributed by atoms with Crippen LogP contribution in [0.4, 0.5) is 5.69 Å². The van der Waals surface area contributed by atoms with Crippen LogP contribution in [0.2, 0.25) is 0 Å². The Labute approximate surface area is 128 Å². The van der Waals surface area contributed by atoms with Crippen molar-refractivity contribution in [2.75, 3.05) is 31.2 Å². The van der Waals surface area contributed by atoms with E-state index in [9.17, 15) is 14.4 Å². The van der Waals surface area contributed by atoms with Crippen LogP contribution >= 0.6 is 0 Å². The lowest BCUT2D eigenvalue weighted by Crippen LogP contribution is -2.47. The van der Waals surface area contributed by atoms with Crippen molar-refractivity contribution in [1.29, 1.82) is 0 Å². The van der Waals surface area contributed by atoms with Crippen LogP contribution in [0, 0.1) is 0 Å². The first-order valence-corrected chi connectivity index (χ1v) is 7.37. The maximum absolute atomic E-state index is 12.6. The number of imide groups is 1. The molecule has 0 saturated carbocycles. The number of morpholine rings is 1. The summed E-state index contributed by atoms with van der Waals surface area (Å²) in [7, 11) is 0. The van der Waals surface area contributed by atoms with Gasteiger partial charge in [-0.3, -0.25) is 19.3 Å². The van der Waals surface area contributed by atoms with Gasteiger partial charge in [-0.05, 0) is 31.2 Å². The molecule has 2 heterocycles. The van der Waals surface area contributed by atoms with Crippen molar-refractivity contribution in [3.63, 3.8) is 0 Å². The highest BCUT2D eigenvalue weighted by Crippen LogP contribution is 2.26. The summed E-state index contributed by atoms with van der Waals surface area (Å²) in [4.78, 5) is 39.4. The van der Waals surface area contributed by atoms with E-state index in [4.69, 9.17) is 4.74 Å². The number of Topliss-reactive ketones (excluding diaryl/α,β-unsaturated/α-hetero) is 1. The third-order valence-corrected chi connectivity index (χ3v) is 4.14. The average molecular weight is 302 g/mol. The fourth-order valence-corrected chi connectivity index (χ4v) is 2.91. The third kappa shape index (κ3) is 2.67. The highest BCUT2D eigenvalue weighted by molar-refractivity contribution is 6.22. The van der Waals surface area contributed by atoms with Crippen LogP contribution in [-0.2, 0) is 14.3 Å². The van der Waals surface area contributed by atoms with E-state index in [0.29, 0.717) is 37.6 Å². The van der Waals surface area contributed by atoms with Gasteiger partial charge in [0, 0.05) is 18.7 Å². The molecule has 22 heavy (non-hydrogen) atoms. The summed E-state index contributed by atoms with van der Waals surface area (Å²) in [6, 6.07) is 6.17. The Hall–Kier alpha value is -2.05. The molecule has 2 fully saturated rings. The normalized spacial score (nSPS) is 23.1. The van der Waals surface area contributed by atoms with Gasteiger partial charge in [-0.15, -0.1) is 0 Å². The van der Waals surface area contributed by atoms with Crippen LogP contribution in [0.1, 0.15) is 23.7 Å². The first kappa shape index (κ1) is 14.9. The van der Waals surface area contributed by atoms with E-state index >= 15 is 0 Å². The monoisotopic (exact) mass is 302 g/mol. The molecule has 0 radical (unpaired) electrons. The number of hydrogen-bond acceptors (Lipinski definition) is 5. The van der Waals surface area contributed by atoms with E-state index in [1.54, 1.807) is 24.3 Å². The molecule has 6 heteroatoms. The van der Waals surface area contributed by atoms with E-state index in [2.05, 4.69) is 0 Å². The molecule has 6 nitrogen and oxygen atoms in total. The molecular weight excluding hydrogens is 284 g/mol. The SMILES string of the molecule is CC(=O)c1ccc(N2C(=O)CC(N3CCOCC3)C2=O)cc1. The molecule has 116 valence electrons. The van der Waals surface area contributed by atoms with Gasteiger partial charge in [0.25, 0.3) is 5.91 Å². The Morgan fingerprint density at radius 1 is 1.14 bits per heavy atom. The number of amides is 2. The molecule has 1 aromatic carbocycles. The molecule has 0 N–H and O–H groups in total. The lowest BCUT2D eigenvalue weighted by Gasteiger charge is -2.30. The number of ketones is 1. The highest BCUT2D eigenvalue weighted by atomic mass is 16.5. The quantitative estimate of drug-likeness (QED) is 0.612. The van der Waals surface area contributed by atoms with Crippen molar-refractivity contribution in [3.8, 4) is 0 Å². The molecule has 1 unspecified atom stereocenters. The number of benzene rings is 1. The van der Waals surface area contributed by atoms with Gasteiger partial charge in [-0.2, -0.15) is 0 Å². The van der Waals surface area contributed by atoms with Gasteiger partial charge in [-0.1, -0.05) is 0 Å². The summed E-state index contributed by atoms with van der Waals surface area (Å²) in [6.45, 7) is 3.99. The average Bonchev–Trinajstić information content (AvgIpc) is 2.83. The molecule has 1 aromatic rings. The highest BCUT2D eigenvalue weighted by Gasteiger charge is 2.42. The standard InChI is InChI=1S/C16H18N2O4/c1-11(19)12-2-4-13(5-3-12)18-15(20)10-14(16(18)21)17-6-8-22-9-7-17/h2-5,14H,6-10H2,1H3. The molecular formula is C16H18N2O4. The van der Waals surface area contributed by atoms with Crippen molar-refractivity contribution in [2.45, 2.75) is 19.4 Å². The summed E-state index contributed by atoms with van der Waals surface area (Å²) < 4.78 is 5.28. The van der Waals surface area contributed by atoms with Gasteiger partial charge in [0.2, 0.25) is 5.91 Å². The van der Waals surface area contributed by atoms with Crippen molar-refractivity contribution in [3.05, 3.63) is 29.8 Å². The van der Waals surface area contributed by atoms with Crippen LogP contribution in [0.5, 0.6) is 0 Å². The van der Waals surface area contributed by atoms with E-state index in [1.165, 1.54) is 11.8 Å². The number of rotatable bonds is 3. The second-order valence-electron chi connectivity index (χ2n) is 5.54. The zero-order chi connectivity index (χ0) is 15.7. The van der Waals surface area contributed by atoms with Gasteiger partial charge < -0.3 is 4.74 Å². The maximum atomic E-state index is 12.6. The number of ether oxygens (including phenoxy) is 1. The molecule has 0 spiro atoms. The van der Waals surface area contributed by atoms with Gasteiger partial charge >= 0.3 is 0 Å².